The quantitative estimate of drug-likeness (QED) is 0.644. The fourth-order valence-electron chi connectivity index (χ4n) is 0.656. The summed E-state index contributed by atoms with van der Waals surface area (Å²) in [6, 6.07) is 0. The van der Waals surface area contributed by atoms with E-state index in [2.05, 4.69) is 5.32 Å². The zero-order valence-electron chi connectivity index (χ0n) is 8.59. The van der Waals surface area contributed by atoms with Gasteiger partial charge in [-0.1, -0.05) is 13.8 Å². The van der Waals surface area contributed by atoms with E-state index in [9.17, 15) is 9.59 Å². The summed E-state index contributed by atoms with van der Waals surface area (Å²) >= 11 is 0. The molecular weight excluding hydrogens is 170 g/mol. The predicted molar refractivity (Wildman–Crippen MR) is 51.1 cm³/mol. The number of hydrogen-bond donors (Lipinski definition) is 2. The number of imide groups is 1. The summed E-state index contributed by atoms with van der Waals surface area (Å²) in [7, 11) is 0. The second-order valence-electron chi connectivity index (χ2n) is 2.29. The number of nitrogens with one attached hydrogen (secondary N) is 1. The van der Waals surface area contributed by atoms with Crippen LogP contribution in [0.2, 0.25) is 0 Å². The maximum atomic E-state index is 10.7. The Morgan fingerprint density at radius 2 is 1.77 bits per heavy atom. The summed E-state index contributed by atoms with van der Waals surface area (Å²) in [4.78, 5) is 21.0. The molecule has 0 aromatic carbocycles. The van der Waals surface area contributed by atoms with Crippen LogP contribution in [0.25, 0.3) is 0 Å². The van der Waals surface area contributed by atoms with Crippen molar-refractivity contribution in [2.75, 3.05) is 6.61 Å². The van der Waals surface area contributed by atoms with Gasteiger partial charge in [0.05, 0.1) is 0 Å². The highest BCUT2D eigenvalue weighted by atomic mass is 16.3. The van der Waals surface area contributed by atoms with E-state index in [1.54, 1.807) is 0 Å². The highest BCUT2D eigenvalue weighted by molar-refractivity contribution is 5.93. The SMILES string of the molecule is CC.CC(=O)NC(=O)CCCCO. The molecule has 0 saturated carbocycles. The fourth-order valence-corrected chi connectivity index (χ4v) is 0.656. The molecule has 4 heteroatoms. The van der Waals surface area contributed by atoms with Gasteiger partial charge in [0.2, 0.25) is 11.8 Å². The third kappa shape index (κ3) is 14.0. The molecule has 2 amide bonds. The maximum Gasteiger partial charge on any atom is 0.226 e. The monoisotopic (exact) mass is 189 g/mol. The van der Waals surface area contributed by atoms with E-state index < -0.39 is 0 Å². The Hall–Kier alpha value is -0.900. The van der Waals surface area contributed by atoms with Gasteiger partial charge in [-0.25, -0.2) is 0 Å². The maximum absolute atomic E-state index is 10.7. The van der Waals surface area contributed by atoms with Gasteiger partial charge in [0.15, 0.2) is 0 Å². The molecule has 0 aliphatic heterocycles. The lowest BCUT2D eigenvalue weighted by Crippen LogP contribution is -2.27. The van der Waals surface area contributed by atoms with Gasteiger partial charge < -0.3 is 5.11 Å². The van der Waals surface area contributed by atoms with Crippen LogP contribution >= 0.6 is 0 Å². The molecule has 0 saturated heterocycles. The predicted octanol–water partition coefficient (Wildman–Crippen LogP) is 0.838. The summed E-state index contributed by atoms with van der Waals surface area (Å²) in [5, 5.41) is 10.5. The molecule has 0 rings (SSSR count). The molecule has 0 unspecified atom stereocenters. The number of amides is 2. The van der Waals surface area contributed by atoms with Crippen LogP contribution in [0, 0.1) is 0 Å². The Labute approximate surface area is 79.3 Å². The van der Waals surface area contributed by atoms with Crippen molar-refractivity contribution in [1.82, 2.24) is 5.32 Å². The molecule has 78 valence electrons. The zero-order chi connectivity index (χ0) is 10.7. The van der Waals surface area contributed by atoms with E-state index in [0.717, 1.165) is 0 Å². The van der Waals surface area contributed by atoms with Crippen LogP contribution in [0.1, 0.15) is 40.0 Å². The molecule has 0 aromatic rings. The molecule has 13 heavy (non-hydrogen) atoms. The first kappa shape index (κ1) is 14.6. The van der Waals surface area contributed by atoms with Gasteiger partial charge in [-0.15, -0.1) is 0 Å². The minimum absolute atomic E-state index is 0.0906. The third-order valence-electron chi connectivity index (χ3n) is 1.13. The molecule has 0 aliphatic carbocycles. The van der Waals surface area contributed by atoms with Gasteiger partial charge in [-0.3, -0.25) is 14.9 Å². The van der Waals surface area contributed by atoms with Crippen molar-refractivity contribution >= 4 is 11.8 Å². The average Bonchev–Trinajstić information content (AvgIpc) is 2.07. The molecule has 2 N–H and O–H groups in total. The van der Waals surface area contributed by atoms with Crippen LogP contribution < -0.4 is 5.32 Å². The molecule has 0 aliphatic rings. The smallest absolute Gasteiger partial charge is 0.226 e. The van der Waals surface area contributed by atoms with Gasteiger partial charge in [0, 0.05) is 20.0 Å². The third-order valence-corrected chi connectivity index (χ3v) is 1.13. The Morgan fingerprint density at radius 1 is 1.23 bits per heavy atom. The van der Waals surface area contributed by atoms with E-state index in [1.807, 2.05) is 13.8 Å². The summed E-state index contributed by atoms with van der Waals surface area (Å²) in [5.74, 6) is -0.607. The molecule has 0 radical (unpaired) electrons. The normalized spacial score (nSPS) is 8.31. The van der Waals surface area contributed by atoms with Crippen molar-refractivity contribution in [3.8, 4) is 0 Å². The molecule has 0 bridgehead atoms. The highest BCUT2D eigenvalue weighted by Gasteiger charge is 2.01. The van der Waals surface area contributed by atoms with Crippen molar-refractivity contribution in [3.63, 3.8) is 0 Å². The number of carbonyl (C=O) groups is 2. The van der Waals surface area contributed by atoms with Gasteiger partial charge in [-0.2, -0.15) is 0 Å². The molecule has 0 heterocycles. The van der Waals surface area contributed by atoms with E-state index in [1.165, 1.54) is 6.92 Å². The Kier molecular flexibility index (Phi) is 12.5. The first-order valence-electron chi connectivity index (χ1n) is 4.58. The second kappa shape index (κ2) is 11.1. The summed E-state index contributed by atoms with van der Waals surface area (Å²) in [6.45, 7) is 5.39. The molecule has 0 spiro atoms. The average molecular weight is 189 g/mol. The number of unbranched alkanes of at least 4 members (excludes halogenated alkanes) is 1. The Bertz CT molecular complexity index is 146. The first-order valence-corrected chi connectivity index (χ1v) is 4.58. The zero-order valence-corrected chi connectivity index (χ0v) is 8.59. The van der Waals surface area contributed by atoms with Gasteiger partial charge in [0.1, 0.15) is 0 Å². The summed E-state index contributed by atoms with van der Waals surface area (Å²) in [5.41, 5.74) is 0. The number of carbonyl (C=O) groups excluding carboxylic acids is 2. The van der Waals surface area contributed by atoms with Crippen LogP contribution in [-0.2, 0) is 9.59 Å². The van der Waals surface area contributed by atoms with Crippen molar-refractivity contribution < 1.29 is 14.7 Å². The van der Waals surface area contributed by atoms with Crippen LogP contribution in [0.15, 0.2) is 0 Å². The molecule has 0 atom stereocenters. The van der Waals surface area contributed by atoms with Crippen molar-refractivity contribution in [1.29, 1.82) is 0 Å². The van der Waals surface area contributed by atoms with Gasteiger partial charge >= 0.3 is 0 Å². The second-order valence-corrected chi connectivity index (χ2v) is 2.29. The van der Waals surface area contributed by atoms with Crippen molar-refractivity contribution in [2.45, 2.75) is 40.0 Å². The molecule has 4 nitrogen and oxygen atoms in total. The van der Waals surface area contributed by atoms with Crippen LogP contribution in [0.3, 0.4) is 0 Å². The minimum atomic E-state index is -0.334. The lowest BCUT2D eigenvalue weighted by Gasteiger charge is -1.98. The molecule has 0 aromatic heterocycles. The van der Waals surface area contributed by atoms with E-state index >= 15 is 0 Å². The molecular formula is C9H19NO3. The van der Waals surface area contributed by atoms with Crippen LogP contribution in [-0.4, -0.2) is 23.5 Å². The topological polar surface area (TPSA) is 66.4 Å². The van der Waals surface area contributed by atoms with Crippen molar-refractivity contribution in [2.24, 2.45) is 0 Å². The Balaban J connectivity index is 0. The van der Waals surface area contributed by atoms with Crippen LogP contribution in [0.5, 0.6) is 0 Å². The first-order chi connectivity index (χ1) is 6.16. The molecule has 0 fully saturated rings. The van der Waals surface area contributed by atoms with Crippen molar-refractivity contribution in [3.05, 3.63) is 0 Å². The number of aliphatic hydroxyl groups excluding tert-OH is 1. The highest BCUT2D eigenvalue weighted by Crippen LogP contribution is 1.92. The lowest BCUT2D eigenvalue weighted by atomic mass is 10.2. The number of aliphatic hydroxyl groups is 1. The standard InChI is InChI=1S/C7H13NO3.C2H6/c1-6(10)8-7(11)4-2-3-5-9;1-2/h9H,2-5H2,1H3,(H,8,10,11);1-2H3. The summed E-state index contributed by atoms with van der Waals surface area (Å²) in [6.07, 6.45) is 1.53. The number of hydrogen-bond acceptors (Lipinski definition) is 3. The lowest BCUT2D eigenvalue weighted by molar-refractivity contribution is -0.129. The minimum Gasteiger partial charge on any atom is -0.396 e. The fraction of sp³-hybridized carbons (Fsp3) is 0.778. The van der Waals surface area contributed by atoms with Gasteiger partial charge in [-0.05, 0) is 12.8 Å². The Morgan fingerprint density at radius 3 is 2.15 bits per heavy atom. The van der Waals surface area contributed by atoms with E-state index in [0.29, 0.717) is 19.3 Å². The van der Waals surface area contributed by atoms with E-state index in [-0.39, 0.29) is 18.4 Å². The van der Waals surface area contributed by atoms with E-state index in [4.69, 9.17) is 5.11 Å². The largest absolute Gasteiger partial charge is 0.396 e. The van der Waals surface area contributed by atoms with Gasteiger partial charge in [0.25, 0.3) is 0 Å². The van der Waals surface area contributed by atoms with Crippen LogP contribution in [0.4, 0.5) is 0 Å². The summed E-state index contributed by atoms with van der Waals surface area (Å²) < 4.78 is 0. The number of rotatable bonds is 4.